The molecule has 0 bridgehead atoms. The van der Waals surface area contributed by atoms with Crippen molar-refractivity contribution in [3.63, 3.8) is 0 Å². The molecule has 0 radical (unpaired) electrons. The molecule has 3 rings (SSSR count). The van der Waals surface area contributed by atoms with Crippen LogP contribution in [-0.2, 0) is 0 Å². The van der Waals surface area contributed by atoms with Crippen molar-refractivity contribution in [2.75, 3.05) is 5.73 Å². The maximum absolute atomic E-state index is 13.2. The number of benzene rings is 1. The Kier molecular flexibility index (Phi) is 2.90. The van der Waals surface area contributed by atoms with Gasteiger partial charge < -0.3 is 5.73 Å². The third kappa shape index (κ3) is 2.28. The zero-order valence-electron chi connectivity index (χ0n) is 10.5. The lowest BCUT2D eigenvalue weighted by molar-refractivity contribution is 0.628. The van der Waals surface area contributed by atoms with Crippen LogP contribution in [0.5, 0.6) is 0 Å². The molecule has 1 saturated carbocycles. The van der Waals surface area contributed by atoms with Crippen LogP contribution in [0.1, 0.15) is 30.1 Å². The summed E-state index contributed by atoms with van der Waals surface area (Å²) in [5.41, 5.74) is 8.23. The van der Waals surface area contributed by atoms with Crippen LogP contribution in [0.2, 0.25) is 5.02 Å². The van der Waals surface area contributed by atoms with Gasteiger partial charge in [-0.15, -0.1) is 0 Å². The lowest BCUT2D eigenvalue weighted by atomic mass is 10.1. The van der Waals surface area contributed by atoms with Crippen molar-refractivity contribution >= 4 is 17.4 Å². The van der Waals surface area contributed by atoms with Gasteiger partial charge in [0.15, 0.2) is 0 Å². The summed E-state index contributed by atoms with van der Waals surface area (Å²) in [5.74, 6) is 1.23. The normalized spacial score (nSPS) is 14.7. The van der Waals surface area contributed by atoms with E-state index in [1.165, 1.54) is 6.07 Å². The van der Waals surface area contributed by atoms with Gasteiger partial charge in [0.05, 0.1) is 10.7 Å². The van der Waals surface area contributed by atoms with Gasteiger partial charge in [-0.3, -0.25) is 0 Å². The van der Waals surface area contributed by atoms with Crippen molar-refractivity contribution in [2.45, 2.75) is 25.7 Å². The van der Waals surface area contributed by atoms with Gasteiger partial charge in [-0.1, -0.05) is 11.6 Å². The molecule has 0 atom stereocenters. The Morgan fingerprint density at radius 3 is 2.68 bits per heavy atom. The highest BCUT2D eigenvalue weighted by molar-refractivity contribution is 6.31. The Labute approximate surface area is 115 Å². The predicted octanol–water partition coefficient (Wildman–Crippen LogP) is 3.70. The highest BCUT2D eigenvalue weighted by Crippen LogP contribution is 2.40. The number of rotatable bonds is 2. The average Bonchev–Trinajstić information content (AvgIpc) is 3.20. The number of anilines is 1. The van der Waals surface area contributed by atoms with Crippen molar-refractivity contribution < 1.29 is 4.39 Å². The SMILES string of the molecule is Cc1c(N)nc(C2CC2)nc1-c1ccc(F)c(Cl)c1. The molecule has 1 heterocycles. The van der Waals surface area contributed by atoms with E-state index in [1.807, 2.05) is 6.92 Å². The summed E-state index contributed by atoms with van der Waals surface area (Å²) in [6.07, 6.45) is 2.21. The van der Waals surface area contributed by atoms with E-state index < -0.39 is 5.82 Å². The number of halogens is 2. The van der Waals surface area contributed by atoms with Crippen LogP contribution in [0.15, 0.2) is 18.2 Å². The molecule has 98 valence electrons. The van der Waals surface area contributed by atoms with Crippen LogP contribution in [-0.4, -0.2) is 9.97 Å². The summed E-state index contributed by atoms with van der Waals surface area (Å²) in [6, 6.07) is 4.57. The summed E-state index contributed by atoms with van der Waals surface area (Å²) in [7, 11) is 0. The highest BCUT2D eigenvalue weighted by atomic mass is 35.5. The first-order valence-corrected chi connectivity index (χ1v) is 6.53. The van der Waals surface area contributed by atoms with Gasteiger partial charge in [0.2, 0.25) is 0 Å². The third-order valence-electron chi connectivity index (χ3n) is 3.34. The maximum atomic E-state index is 13.2. The zero-order valence-corrected chi connectivity index (χ0v) is 11.2. The Bertz CT molecular complexity index is 653. The second kappa shape index (κ2) is 4.46. The third-order valence-corrected chi connectivity index (χ3v) is 3.63. The summed E-state index contributed by atoms with van der Waals surface area (Å²) >= 11 is 5.82. The fraction of sp³-hybridized carbons (Fsp3) is 0.286. The molecule has 0 spiro atoms. The molecule has 5 heteroatoms. The van der Waals surface area contributed by atoms with Gasteiger partial charge in [-0.2, -0.15) is 0 Å². The van der Waals surface area contributed by atoms with E-state index in [4.69, 9.17) is 17.3 Å². The molecule has 1 aromatic heterocycles. The van der Waals surface area contributed by atoms with E-state index in [-0.39, 0.29) is 5.02 Å². The van der Waals surface area contributed by atoms with E-state index in [2.05, 4.69) is 9.97 Å². The first kappa shape index (κ1) is 12.4. The zero-order chi connectivity index (χ0) is 13.6. The monoisotopic (exact) mass is 277 g/mol. The molecule has 1 fully saturated rings. The maximum Gasteiger partial charge on any atom is 0.141 e. The summed E-state index contributed by atoms with van der Waals surface area (Å²) < 4.78 is 13.2. The van der Waals surface area contributed by atoms with Crippen LogP contribution in [0.25, 0.3) is 11.3 Å². The molecule has 2 N–H and O–H groups in total. The van der Waals surface area contributed by atoms with Gasteiger partial charge in [0, 0.05) is 17.0 Å². The fourth-order valence-corrected chi connectivity index (χ4v) is 2.18. The number of hydrogen-bond acceptors (Lipinski definition) is 3. The molecule has 3 nitrogen and oxygen atoms in total. The van der Waals surface area contributed by atoms with Crippen LogP contribution < -0.4 is 5.73 Å². The minimum Gasteiger partial charge on any atom is -0.383 e. The predicted molar refractivity (Wildman–Crippen MR) is 73.6 cm³/mol. The van der Waals surface area contributed by atoms with Crippen LogP contribution in [0.3, 0.4) is 0 Å². The van der Waals surface area contributed by atoms with Crippen LogP contribution in [0, 0.1) is 12.7 Å². The number of aromatic nitrogens is 2. The van der Waals surface area contributed by atoms with E-state index in [0.29, 0.717) is 11.7 Å². The van der Waals surface area contributed by atoms with Crippen LogP contribution in [0.4, 0.5) is 10.2 Å². The summed E-state index contributed by atoms with van der Waals surface area (Å²) in [5, 5.41) is 0.0852. The molecule has 19 heavy (non-hydrogen) atoms. The minimum atomic E-state index is -0.437. The molecule has 1 aromatic carbocycles. The topological polar surface area (TPSA) is 51.8 Å². The fourth-order valence-electron chi connectivity index (χ4n) is 2.00. The molecule has 0 amide bonds. The Balaban J connectivity index is 2.14. The number of nitrogen functional groups attached to an aromatic ring is 1. The second-order valence-corrected chi connectivity index (χ2v) is 5.25. The van der Waals surface area contributed by atoms with Crippen molar-refractivity contribution in [3.05, 3.63) is 40.4 Å². The average molecular weight is 278 g/mol. The molecule has 0 aliphatic heterocycles. The Morgan fingerprint density at radius 2 is 2.05 bits per heavy atom. The van der Waals surface area contributed by atoms with E-state index >= 15 is 0 Å². The van der Waals surface area contributed by atoms with Crippen molar-refractivity contribution in [1.29, 1.82) is 0 Å². The quantitative estimate of drug-likeness (QED) is 0.910. The largest absolute Gasteiger partial charge is 0.383 e. The molecule has 1 aliphatic carbocycles. The van der Waals surface area contributed by atoms with Gasteiger partial charge >= 0.3 is 0 Å². The van der Waals surface area contributed by atoms with Gasteiger partial charge in [0.25, 0.3) is 0 Å². The smallest absolute Gasteiger partial charge is 0.141 e. The Hall–Kier alpha value is -1.68. The molecule has 1 aliphatic rings. The first-order valence-electron chi connectivity index (χ1n) is 6.15. The Morgan fingerprint density at radius 1 is 1.32 bits per heavy atom. The van der Waals surface area contributed by atoms with Gasteiger partial charge in [-0.25, -0.2) is 14.4 Å². The lowest BCUT2D eigenvalue weighted by Crippen LogP contribution is -2.04. The molecular weight excluding hydrogens is 265 g/mol. The number of nitrogens with two attached hydrogens (primary N) is 1. The second-order valence-electron chi connectivity index (χ2n) is 4.84. The summed E-state index contributed by atoms with van der Waals surface area (Å²) in [6.45, 7) is 1.86. The van der Waals surface area contributed by atoms with E-state index in [1.54, 1.807) is 12.1 Å². The van der Waals surface area contributed by atoms with E-state index in [0.717, 1.165) is 35.5 Å². The summed E-state index contributed by atoms with van der Waals surface area (Å²) in [4.78, 5) is 8.88. The van der Waals surface area contributed by atoms with Crippen molar-refractivity contribution in [3.8, 4) is 11.3 Å². The van der Waals surface area contributed by atoms with Gasteiger partial charge in [-0.05, 0) is 38.0 Å². The number of nitrogens with zero attached hydrogens (tertiary/aromatic N) is 2. The van der Waals surface area contributed by atoms with Crippen molar-refractivity contribution in [1.82, 2.24) is 9.97 Å². The molecule has 0 saturated heterocycles. The van der Waals surface area contributed by atoms with Crippen LogP contribution >= 0.6 is 11.6 Å². The van der Waals surface area contributed by atoms with E-state index in [9.17, 15) is 4.39 Å². The standard InChI is InChI=1S/C14H13ClFN3/c1-7-12(9-4-5-11(16)10(15)6-9)18-14(8-2-3-8)19-13(7)17/h4-6,8H,2-3H2,1H3,(H2,17,18,19). The highest BCUT2D eigenvalue weighted by Gasteiger charge is 2.28. The molecular formula is C14H13ClFN3. The molecule has 0 unspecified atom stereocenters. The lowest BCUT2D eigenvalue weighted by Gasteiger charge is -2.10. The van der Waals surface area contributed by atoms with Gasteiger partial charge in [0.1, 0.15) is 17.5 Å². The number of hydrogen-bond donors (Lipinski definition) is 1. The van der Waals surface area contributed by atoms with Crippen molar-refractivity contribution in [2.24, 2.45) is 0 Å². The molecule has 2 aromatic rings. The minimum absolute atomic E-state index is 0.0852. The first-order chi connectivity index (χ1) is 9.06.